The molecule has 0 aliphatic carbocycles. The van der Waals surface area contributed by atoms with E-state index in [0.29, 0.717) is 17.0 Å². The van der Waals surface area contributed by atoms with Crippen LogP contribution in [0.1, 0.15) is 22.8 Å². The van der Waals surface area contributed by atoms with Gasteiger partial charge in [0.05, 0.1) is 23.5 Å². The fraction of sp³-hybridized carbons (Fsp3) is 0.174. The van der Waals surface area contributed by atoms with Gasteiger partial charge in [0.25, 0.3) is 15.9 Å². The van der Waals surface area contributed by atoms with Gasteiger partial charge in [-0.2, -0.15) is 0 Å². The molecule has 0 heterocycles. The number of amides is 1. The second kappa shape index (κ2) is 10.2. The first-order valence-electron chi connectivity index (χ1n) is 10.1. The van der Waals surface area contributed by atoms with Gasteiger partial charge >= 0.3 is 5.69 Å². The van der Waals surface area contributed by atoms with Crippen LogP contribution >= 0.6 is 0 Å². The molecule has 0 saturated carbocycles. The number of aryl methyl sites for hydroxylation is 1. The van der Waals surface area contributed by atoms with Crippen LogP contribution in [-0.2, 0) is 10.0 Å². The molecule has 10 nitrogen and oxygen atoms in total. The Bertz CT molecular complexity index is 1320. The Hall–Kier alpha value is -4.12. The van der Waals surface area contributed by atoms with Crippen molar-refractivity contribution >= 4 is 33.0 Å². The van der Waals surface area contributed by atoms with E-state index in [0.717, 1.165) is 6.07 Å². The van der Waals surface area contributed by atoms with Gasteiger partial charge in [-0.1, -0.05) is 6.07 Å². The molecule has 11 heteroatoms. The predicted octanol–water partition coefficient (Wildman–Crippen LogP) is 4.36. The number of hydrogen-bond donors (Lipinski definition) is 2. The number of rotatable bonds is 9. The zero-order valence-electron chi connectivity index (χ0n) is 18.7. The van der Waals surface area contributed by atoms with Gasteiger partial charge in [-0.3, -0.25) is 19.6 Å². The van der Waals surface area contributed by atoms with Gasteiger partial charge in [0.2, 0.25) is 0 Å². The van der Waals surface area contributed by atoms with E-state index < -0.39 is 20.9 Å². The Morgan fingerprint density at radius 3 is 2.32 bits per heavy atom. The maximum atomic E-state index is 13.0. The van der Waals surface area contributed by atoms with Crippen LogP contribution < -0.4 is 19.5 Å². The summed E-state index contributed by atoms with van der Waals surface area (Å²) >= 11 is 0. The summed E-state index contributed by atoms with van der Waals surface area (Å²) < 4.78 is 38.7. The highest BCUT2D eigenvalue weighted by atomic mass is 32.2. The topological polar surface area (TPSA) is 137 Å². The fourth-order valence-electron chi connectivity index (χ4n) is 3.12. The number of methoxy groups -OCH3 is 1. The van der Waals surface area contributed by atoms with Crippen LogP contribution in [0.3, 0.4) is 0 Å². The highest BCUT2D eigenvalue weighted by Crippen LogP contribution is 2.29. The molecule has 3 aromatic carbocycles. The van der Waals surface area contributed by atoms with Crippen LogP contribution in [0.5, 0.6) is 11.5 Å². The van der Waals surface area contributed by atoms with Gasteiger partial charge in [-0.05, 0) is 67.9 Å². The Morgan fingerprint density at radius 2 is 1.71 bits per heavy atom. The quantitative estimate of drug-likeness (QED) is 0.339. The number of nitrogens with zero attached hydrogens (tertiary/aromatic N) is 1. The third kappa shape index (κ3) is 5.62. The highest BCUT2D eigenvalue weighted by Gasteiger charge is 2.21. The first kappa shape index (κ1) is 24.5. The minimum atomic E-state index is -3.96. The zero-order chi connectivity index (χ0) is 24.9. The summed E-state index contributed by atoms with van der Waals surface area (Å²) in [4.78, 5) is 23.4. The molecule has 0 bridgehead atoms. The van der Waals surface area contributed by atoms with E-state index in [4.69, 9.17) is 9.47 Å². The van der Waals surface area contributed by atoms with Gasteiger partial charge in [0.15, 0.2) is 5.75 Å². The summed E-state index contributed by atoms with van der Waals surface area (Å²) in [5.74, 6) is -0.00259. The lowest BCUT2D eigenvalue weighted by atomic mass is 10.1. The lowest BCUT2D eigenvalue weighted by Crippen LogP contribution is -2.16. The summed E-state index contributed by atoms with van der Waals surface area (Å²) in [5.41, 5.74) is 0.705. The fourth-order valence-corrected chi connectivity index (χ4v) is 4.45. The van der Waals surface area contributed by atoms with E-state index in [2.05, 4.69) is 10.0 Å². The van der Waals surface area contributed by atoms with E-state index in [9.17, 15) is 23.3 Å². The molecule has 0 unspecified atom stereocenters. The van der Waals surface area contributed by atoms with Crippen LogP contribution in [0, 0.1) is 17.0 Å². The molecule has 3 rings (SSSR count). The first-order valence-corrected chi connectivity index (χ1v) is 11.6. The van der Waals surface area contributed by atoms with E-state index >= 15 is 0 Å². The largest absolute Gasteiger partial charge is 0.497 e. The number of hydrogen-bond acceptors (Lipinski definition) is 7. The Morgan fingerprint density at radius 1 is 1.03 bits per heavy atom. The predicted molar refractivity (Wildman–Crippen MR) is 127 cm³/mol. The maximum Gasteiger partial charge on any atom is 0.311 e. The van der Waals surface area contributed by atoms with Crippen LogP contribution in [-0.4, -0.2) is 33.0 Å². The van der Waals surface area contributed by atoms with E-state index in [1.165, 1.54) is 25.3 Å². The average Bonchev–Trinajstić information content (AvgIpc) is 2.80. The number of anilines is 2. The van der Waals surface area contributed by atoms with Gasteiger partial charge in [0.1, 0.15) is 5.75 Å². The first-order chi connectivity index (χ1) is 16.1. The number of ether oxygens (including phenoxy) is 2. The van der Waals surface area contributed by atoms with Crippen LogP contribution in [0.4, 0.5) is 17.1 Å². The lowest BCUT2D eigenvalue weighted by molar-refractivity contribution is -0.385. The standard InChI is InChI=1S/C23H23N3O7S/c1-4-33-21-12-6-16(13-20(21)26(28)29)23(27)24-18-7-5-15(2)22(14-18)34(30,31)25-17-8-10-19(32-3)11-9-17/h5-14,25H,4H2,1-3H3,(H,24,27). The van der Waals surface area contributed by atoms with Crippen molar-refractivity contribution in [2.45, 2.75) is 18.7 Å². The zero-order valence-corrected chi connectivity index (χ0v) is 19.5. The van der Waals surface area contributed by atoms with Crippen molar-refractivity contribution in [3.63, 3.8) is 0 Å². The number of nitrogens with one attached hydrogen (secondary N) is 2. The minimum absolute atomic E-state index is 0.0245. The summed E-state index contributed by atoms with van der Waals surface area (Å²) in [6.45, 7) is 3.55. The summed E-state index contributed by atoms with van der Waals surface area (Å²) in [7, 11) is -2.46. The number of carbonyl (C=O) groups excluding carboxylic acids is 1. The minimum Gasteiger partial charge on any atom is -0.497 e. The van der Waals surface area contributed by atoms with Gasteiger partial charge in [-0.15, -0.1) is 0 Å². The average molecular weight is 486 g/mol. The molecule has 3 aromatic rings. The molecule has 0 atom stereocenters. The molecular weight excluding hydrogens is 462 g/mol. The smallest absolute Gasteiger partial charge is 0.311 e. The molecule has 0 spiro atoms. The van der Waals surface area contributed by atoms with Crippen LogP contribution in [0.25, 0.3) is 0 Å². The molecule has 0 fully saturated rings. The Kier molecular flexibility index (Phi) is 7.37. The molecule has 0 saturated heterocycles. The molecular formula is C23H23N3O7S. The van der Waals surface area contributed by atoms with Crippen molar-refractivity contribution in [2.75, 3.05) is 23.8 Å². The van der Waals surface area contributed by atoms with Crippen molar-refractivity contribution in [1.29, 1.82) is 0 Å². The normalized spacial score (nSPS) is 10.9. The molecule has 0 aliphatic heterocycles. The van der Waals surface area contributed by atoms with Crippen molar-refractivity contribution < 1.29 is 27.6 Å². The summed E-state index contributed by atoms with van der Waals surface area (Å²) in [6, 6.07) is 14.6. The second-order valence-corrected chi connectivity index (χ2v) is 8.79. The lowest BCUT2D eigenvalue weighted by Gasteiger charge is -2.13. The third-order valence-corrected chi connectivity index (χ3v) is 6.32. The molecule has 0 aliphatic rings. The molecule has 34 heavy (non-hydrogen) atoms. The molecule has 1 amide bonds. The number of nitro groups is 1. The van der Waals surface area contributed by atoms with E-state index in [-0.39, 0.29) is 34.2 Å². The van der Waals surface area contributed by atoms with Crippen molar-refractivity contribution in [2.24, 2.45) is 0 Å². The van der Waals surface area contributed by atoms with Crippen LogP contribution in [0.15, 0.2) is 65.6 Å². The number of carbonyl (C=O) groups is 1. The molecule has 0 radical (unpaired) electrons. The maximum absolute atomic E-state index is 13.0. The second-order valence-electron chi connectivity index (χ2n) is 7.14. The van der Waals surface area contributed by atoms with E-state index in [1.807, 2.05) is 0 Å². The number of nitro benzene ring substituents is 1. The highest BCUT2D eigenvalue weighted by molar-refractivity contribution is 7.92. The van der Waals surface area contributed by atoms with Gasteiger partial charge in [0, 0.05) is 23.0 Å². The van der Waals surface area contributed by atoms with Crippen molar-refractivity contribution in [1.82, 2.24) is 0 Å². The molecule has 0 aromatic heterocycles. The summed E-state index contributed by atoms with van der Waals surface area (Å²) in [5, 5.41) is 13.9. The van der Waals surface area contributed by atoms with Gasteiger partial charge in [-0.25, -0.2) is 8.42 Å². The molecule has 2 N–H and O–H groups in total. The number of benzene rings is 3. The van der Waals surface area contributed by atoms with Crippen LogP contribution in [0.2, 0.25) is 0 Å². The van der Waals surface area contributed by atoms with Crippen molar-refractivity contribution in [3.8, 4) is 11.5 Å². The summed E-state index contributed by atoms with van der Waals surface area (Å²) in [6.07, 6.45) is 0. The molecule has 178 valence electrons. The number of sulfonamides is 1. The Balaban J connectivity index is 1.85. The van der Waals surface area contributed by atoms with Gasteiger partial charge < -0.3 is 14.8 Å². The SMILES string of the molecule is CCOc1ccc(C(=O)Nc2ccc(C)c(S(=O)(=O)Nc3ccc(OC)cc3)c2)cc1[N+](=O)[O-]. The monoisotopic (exact) mass is 485 g/mol. The third-order valence-electron chi connectivity index (χ3n) is 4.80. The van der Waals surface area contributed by atoms with E-state index in [1.54, 1.807) is 50.2 Å². The Labute approximate surface area is 196 Å². The van der Waals surface area contributed by atoms with Crippen molar-refractivity contribution in [3.05, 3.63) is 81.9 Å².